The number of carbonyl (C=O) groups is 2. The van der Waals surface area contributed by atoms with Crippen molar-refractivity contribution in [3.63, 3.8) is 0 Å². The Labute approximate surface area is 584 Å². The lowest BCUT2D eigenvalue weighted by Gasteiger charge is -2.38. The van der Waals surface area contributed by atoms with Gasteiger partial charge in [-0.2, -0.15) is 0 Å². The number of alkyl carbamates (subject to hydrolysis) is 1. The maximum absolute atomic E-state index is 13.6. The van der Waals surface area contributed by atoms with Crippen LogP contribution in [0.1, 0.15) is 129 Å². The van der Waals surface area contributed by atoms with Gasteiger partial charge in [-0.1, -0.05) is 224 Å². The SMILES string of the molecule is COc1ccc(C2(c3ccc(OCCOC(=O)CC(C)(C)c4cccc(C(C)(C)NC(=O)OCCOc5ccc(C6(c7ccc(OC)cc7)C=Cc7c8c(c9ccccc9c7O6)-c6ccccc6C8(C)C)cc5)c4)cc3)C=Cc3c4c(c5ccccc5c3O2)-c2ccccc2C4(C)C)cc1. The largest absolute Gasteiger partial charge is 0.497 e. The summed E-state index contributed by atoms with van der Waals surface area (Å²) in [5.74, 6) is 4.07. The van der Waals surface area contributed by atoms with Crippen LogP contribution in [0.25, 0.3) is 56.0 Å². The van der Waals surface area contributed by atoms with Crippen molar-refractivity contribution in [3.8, 4) is 56.8 Å². The van der Waals surface area contributed by atoms with Gasteiger partial charge in [-0.25, -0.2) is 4.79 Å². The van der Waals surface area contributed by atoms with E-state index in [-0.39, 0.29) is 49.6 Å². The highest BCUT2D eigenvalue weighted by Crippen LogP contribution is 2.60. The topological polar surface area (TPSA) is 120 Å². The van der Waals surface area contributed by atoms with Gasteiger partial charge >= 0.3 is 12.1 Å². The second kappa shape index (κ2) is 25.0. The van der Waals surface area contributed by atoms with Gasteiger partial charge in [0.15, 0.2) is 11.2 Å². The molecule has 2 atom stereocenters. The van der Waals surface area contributed by atoms with E-state index >= 15 is 0 Å². The molecule has 1 N–H and O–H groups in total. The number of ether oxygens (including phenoxy) is 8. The molecule has 100 heavy (non-hydrogen) atoms. The number of carbonyl (C=O) groups excluding carboxylic acids is 2. The van der Waals surface area contributed by atoms with Crippen LogP contribution in [-0.2, 0) is 47.3 Å². The molecule has 2 aliphatic carbocycles. The lowest BCUT2D eigenvalue weighted by atomic mass is 9.77. The molecule has 11 nitrogen and oxygen atoms in total. The monoisotopic (exact) mass is 1320 g/mol. The van der Waals surface area contributed by atoms with Crippen molar-refractivity contribution in [2.24, 2.45) is 0 Å². The van der Waals surface area contributed by atoms with Crippen molar-refractivity contribution in [3.05, 3.63) is 297 Å². The van der Waals surface area contributed by atoms with Crippen LogP contribution in [0.5, 0.6) is 34.5 Å². The van der Waals surface area contributed by atoms with Crippen LogP contribution < -0.4 is 33.7 Å². The average molecular weight is 1320 g/mol. The van der Waals surface area contributed by atoms with Gasteiger partial charge in [0.25, 0.3) is 0 Å². The third kappa shape index (κ3) is 11.1. The molecule has 0 aromatic heterocycles. The Hall–Kier alpha value is -11.0. The van der Waals surface area contributed by atoms with Crippen LogP contribution in [0.4, 0.5) is 4.79 Å². The van der Waals surface area contributed by atoms with Gasteiger partial charge in [0.05, 0.1) is 26.2 Å². The van der Waals surface area contributed by atoms with Gasteiger partial charge in [-0.05, 0) is 141 Å². The molecule has 1 amide bonds. The van der Waals surface area contributed by atoms with E-state index in [0.717, 1.165) is 89.1 Å². The second-order valence-corrected chi connectivity index (χ2v) is 28.7. The molecular formula is C89H81NO10. The minimum absolute atomic E-state index is 0.0100. The fraction of sp³-hybridized carbons (Fsp3) is 0.236. The number of esters is 1. The van der Waals surface area contributed by atoms with E-state index in [2.05, 4.69) is 179 Å². The maximum Gasteiger partial charge on any atom is 0.407 e. The summed E-state index contributed by atoms with van der Waals surface area (Å²) in [5, 5.41) is 7.46. The van der Waals surface area contributed by atoms with E-state index in [9.17, 15) is 9.59 Å². The van der Waals surface area contributed by atoms with E-state index in [1.807, 2.05) is 125 Å². The molecule has 502 valence electrons. The molecule has 2 heterocycles. The summed E-state index contributed by atoms with van der Waals surface area (Å²) in [6.45, 7) is 17.4. The van der Waals surface area contributed by atoms with Crippen LogP contribution in [0.3, 0.4) is 0 Å². The predicted octanol–water partition coefficient (Wildman–Crippen LogP) is 19.7. The molecule has 2 aliphatic heterocycles. The Kier molecular flexibility index (Phi) is 16.3. The quantitative estimate of drug-likeness (QED) is 0.0619. The van der Waals surface area contributed by atoms with Crippen LogP contribution >= 0.6 is 0 Å². The number of benzene rings is 11. The zero-order chi connectivity index (χ0) is 69.3. The normalized spacial score (nSPS) is 17.1. The first-order valence-electron chi connectivity index (χ1n) is 34.4. The molecule has 2 unspecified atom stereocenters. The van der Waals surface area contributed by atoms with Gasteiger partial charge in [0, 0.05) is 60.4 Å². The van der Waals surface area contributed by atoms with Gasteiger partial charge in [0.2, 0.25) is 0 Å². The molecule has 0 spiro atoms. The fourth-order valence-corrected chi connectivity index (χ4v) is 15.8. The first-order valence-corrected chi connectivity index (χ1v) is 34.4. The van der Waals surface area contributed by atoms with Crippen molar-refractivity contribution in [1.29, 1.82) is 0 Å². The van der Waals surface area contributed by atoms with E-state index < -0.39 is 28.2 Å². The van der Waals surface area contributed by atoms with Gasteiger partial charge in [0.1, 0.15) is 60.9 Å². The number of rotatable bonds is 19. The molecule has 15 rings (SSSR count). The lowest BCUT2D eigenvalue weighted by Crippen LogP contribution is -2.42. The molecule has 0 bridgehead atoms. The number of fused-ring (bicyclic) bond motifs is 16. The van der Waals surface area contributed by atoms with E-state index in [4.69, 9.17) is 37.9 Å². The first-order chi connectivity index (χ1) is 48.2. The van der Waals surface area contributed by atoms with Crippen LogP contribution in [0, 0.1) is 0 Å². The first kappa shape index (κ1) is 64.9. The zero-order valence-corrected chi connectivity index (χ0v) is 58.2. The number of nitrogens with one attached hydrogen (secondary N) is 1. The smallest absolute Gasteiger partial charge is 0.407 e. The summed E-state index contributed by atoms with van der Waals surface area (Å²) in [7, 11) is 3.34. The fourth-order valence-electron chi connectivity index (χ4n) is 15.8. The molecule has 0 radical (unpaired) electrons. The number of methoxy groups -OCH3 is 2. The minimum atomic E-state index is -0.996. The highest BCUT2D eigenvalue weighted by atomic mass is 16.6. The Bertz CT molecular complexity index is 4770. The molecule has 0 saturated carbocycles. The summed E-state index contributed by atoms with van der Waals surface area (Å²) >= 11 is 0. The third-order valence-corrected chi connectivity index (χ3v) is 21.1. The van der Waals surface area contributed by atoms with E-state index in [0.29, 0.717) is 11.5 Å². The van der Waals surface area contributed by atoms with Gasteiger partial charge in [-0.15, -0.1) is 0 Å². The van der Waals surface area contributed by atoms with Crippen molar-refractivity contribution < 1.29 is 47.5 Å². The molecule has 0 saturated heterocycles. The van der Waals surface area contributed by atoms with Crippen LogP contribution in [0.2, 0.25) is 0 Å². The summed E-state index contributed by atoms with van der Waals surface area (Å²) in [6, 6.07) is 74.5. The number of amides is 1. The lowest BCUT2D eigenvalue weighted by molar-refractivity contribution is -0.145. The van der Waals surface area contributed by atoms with Crippen molar-refractivity contribution in [1.82, 2.24) is 5.32 Å². The van der Waals surface area contributed by atoms with Crippen LogP contribution in [-0.4, -0.2) is 52.7 Å². The molecular weight excluding hydrogens is 1240 g/mol. The summed E-state index contributed by atoms with van der Waals surface area (Å²) in [4.78, 5) is 27.0. The number of hydrogen-bond acceptors (Lipinski definition) is 10. The predicted molar refractivity (Wildman–Crippen MR) is 396 cm³/mol. The van der Waals surface area contributed by atoms with Crippen LogP contribution in [0.15, 0.2) is 231 Å². The van der Waals surface area contributed by atoms with Crippen molar-refractivity contribution >= 4 is 45.8 Å². The van der Waals surface area contributed by atoms with E-state index in [1.165, 1.54) is 44.5 Å². The Morgan fingerprint density at radius 2 is 0.820 bits per heavy atom. The third-order valence-electron chi connectivity index (χ3n) is 21.1. The summed E-state index contributed by atoms with van der Waals surface area (Å²) in [6.07, 6.45) is 8.39. The Balaban J connectivity index is 0.559. The molecule has 11 aromatic rings. The molecule has 11 heteroatoms. The molecule has 4 aliphatic rings. The second-order valence-electron chi connectivity index (χ2n) is 28.7. The van der Waals surface area contributed by atoms with Crippen molar-refractivity contribution in [2.75, 3.05) is 40.6 Å². The number of hydrogen-bond donors (Lipinski definition) is 1. The zero-order valence-electron chi connectivity index (χ0n) is 58.2. The maximum atomic E-state index is 13.6. The van der Waals surface area contributed by atoms with Crippen molar-refractivity contribution in [2.45, 2.75) is 94.8 Å². The highest BCUT2D eigenvalue weighted by molar-refractivity contribution is 6.10. The Morgan fingerprint density at radius 1 is 0.430 bits per heavy atom. The minimum Gasteiger partial charge on any atom is -0.497 e. The molecule has 11 aromatic carbocycles. The van der Waals surface area contributed by atoms with Gasteiger partial charge < -0.3 is 43.2 Å². The standard InChI is InChI=1S/C89H81NO10/c1-84(2,55-76(91)97-52-50-95-64-42-34-58(35-43-64)88(56-30-38-62(93-9)39-31-56)48-46-72-79-77(66-22-11-13-24-68(66)81(72)99-88)70-26-15-17-28-74(70)85(79,3)4)60-20-19-21-61(54-60)87(7,8)90-83(92)98-53-51-96-65-44-36-59(37-45-65)89(57-32-40-63(94-10)41-33-57)49-47-73-80-78(67-23-12-14-25-69(67)82(73)100-89)71-27-16-18-29-75(71)86(80,5)6/h11-49,54H,50-53,55H2,1-10H3,(H,90,92). The Morgan fingerprint density at radius 3 is 1.26 bits per heavy atom. The summed E-state index contributed by atoms with van der Waals surface area (Å²) in [5.41, 5.74) is 13.9. The van der Waals surface area contributed by atoms with E-state index in [1.54, 1.807) is 14.2 Å². The van der Waals surface area contributed by atoms with Gasteiger partial charge in [-0.3, -0.25) is 4.79 Å². The molecule has 0 fully saturated rings. The summed E-state index contributed by atoms with van der Waals surface area (Å²) < 4.78 is 50.1. The highest BCUT2D eigenvalue weighted by Gasteiger charge is 2.47. The average Bonchev–Trinajstić information content (AvgIpc) is 1.57.